The Bertz CT molecular complexity index is 125. The van der Waals surface area contributed by atoms with Crippen molar-refractivity contribution in [3.8, 4) is 0 Å². The summed E-state index contributed by atoms with van der Waals surface area (Å²) < 4.78 is 4.83. The zero-order valence-corrected chi connectivity index (χ0v) is 6.02. The molecule has 0 radical (unpaired) electrons. The highest BCUT2D eigenvalue weighted by Gasteiger charge is 2.20. The highest BCUT2D eigenvalue weighted by atomic mass is 16.5. The molecule has 0 spiro atoms. The van der Waals surface area contributed by atoms with Gasteiger partial charge in [0.25, 0.3) is 0 Å². The summed E-state index contributed by atoms with van der Waals surface area (Å²) in [5.41, 5.74) is 0. The summed E-state index contributed by atoms with van der Waals surface area (Å²) in [6.07, 6.45) is 0. The second-order valence-corrected chi connectivity index (χ2v) is 2.25. The molecule has 0 aromatic carbocycles. The predicted molar refractivity (Wildman–Crippen MR) is 36.7 cm³/mol. The van der Waals surface area contributed by atoms with E-state index in [9.17, 15) is 4.79 Å². The number of rotatable bonds is 2. The molecule has 1 aliphatic heterocycles. The molecule has 1 aliphatic rings. The van der Waals surface area contributed by atoms with Crippen molar-refractivity contribution in [3.63, 3.8) is 0 Å². The van der Waals surface area contributed by atoms with Crippen molar-refractivity contribution in [1.29, 1.82) is 0 Å². The molecule has 4 heteroatoms. The van der Waals surface area contributed by atoms with Crippen molar-refractivity contribution in [2.45, 2.75) is 6.04 Å². The van der Waals surface area contributed by atoms with Crippen LogP contribution >= 0.6 is 0 Å². The average Bonchev–Trinajstić information content (AvgIpc) is 1.94. The van der Waals surface area contributed by atoms with Gasteiger partial charge in [-0.1, -0.05) is 0 Å². The van der Waals surface area contributed by atoms with Crippen molar-refractivity contribution in [1.82, 2.24) is 10.6 Å². The molecule has 10 heavy (non-hydrogen) atoms. The average molecular weight is 144 g/mol. The minimum absolute atomic E-state index is 0.0353. The van der Waals surface area contributed by atoms with Gasteiger partial charge in [-0.25, -0.2) is 0 Å². The monoisotopic (exact) mass is 144 g/mol. The molecule has 1 saturated heterocycles. The van der Waals surface area contributed by atoms with E-state index in [0.29, 0.717) is 6.61 Å². The fraction of sp³-hybridized carbons (Fsp3) is 0.833. The summed E-state index contributed by atoms with van der Waals surface area (Å²) in [5, 5.41) is 5.77. The Morgan fingerprint density at radius 3 is 3.10 bits per heavy atom. The number of hydrogen-bond donors (Lipinski definition) is 2. The van der Waals surface area contributed by atoms with Gasteiger partial charge in [-0.15, -0.1) is 0 Å². The Hall–Kier alpha value is -0.610. The smallest absolute Gasteiger partial charge is 0.239 e. The molecule has 0 aliphatic carbocycles. The first-order valence-electron chi connectivity index (χ1n) is 3.34. The van der Waals surface area contributed by atoms with Gasteiger partial charge in [0.15, 0.2) is 0 Å². The van der Waals surface area contributed by atoms with Crippen LogP contribution in [0.25, 0.3) is 0 Å². The van der Waals surface area contributed by atoms with Gasteiger partial charge in [-0.2, -0.15) is 0 Å². The third kappa shape index (κ3) is 1.68. The summed E-state index contributed by atoms with van der Waals surface area (Å²) in [5.74, 6) is 0.0353. The van der Waals surface area contributed by atoms with Gasteiger partial charge >= 0.3 is 0 Å². The third-order valence-corrected chi connectivity index (χ3v) is 1.46. The summed E-state index contributed by atoms with van der Waals surface area (Å²) >= 11 is 0. The Balaban J connectivity index is 2.32. The number of methoxy groups -OCH3 is 1. The Morgan fingerprint density at radius 1 is 1.70 bits per heavy atom. The van der Waals surface area contributed by atoms with Gasteiger partial charge in [0, 0.05) is 20.2 Å². The van der Waals surface area contributed by atoms with Crippen molar-refractivity contribution < 1.29 is 9.53 Å². The van der Waals surface area contributed by atoms with Crippen LogP contribution in [0.15, 0.2) is 0 Å². The van der Waals surface area contributed by atoms with E-state index in [0.717, 1.165) is 13.1 Å². The number of hydrogen-bond acceptors (Lipinski definition) is 3. The molecule has 0 aromatic rings. The number of carbonyl (C=O) groups is 1. The van der Waals surface area contributed by atoms with Crippen LogP contribution in [0.5, 0.6) is 0 Å². The number of ether oxygens (including phenoxy) is 1. The molecular weight excluding hydrogens is 132 g/mol. The van der Waals surface area contributed by atoms with Crippen LogP contribution in [0, 0.1) is 0 Å². The number of amides is 1. The van der Waals surface area contributed by atoms with Crippen molar-refractivity contribution in [2.75, 3.05) is 26.8 Å². The van der Waals surface area contributed by atoms with Crippen LogP contribution in [0.1, 0.15) is 0 Å². The summed E-state index contributed by atoms with van der Waals surface area (Å²) in [7, 11) is 1.59. The molecule has 1 rings (SSSR count). The lowest BCUT2D eigenvalue weighted by molar-refractivity contribution is -0.125. The lowest BCUT2D eigenvalue weighted by Crippen LogP contribution is -2.54. The topological polar surface area (TPSA) is 50.4 Å². The van der Waals surface area contributed by atoms with E-state index in [2.05, 4.69) is 10.6 Å². The minimum atomic E-state index is -0.154. The lowest BCUT2D eigenvalue weighted by atomic mass is 10.2. The van der Waals surface area contributed by atoms with Gasteiger partial charge < -0.3 is 15.4 Å². The van der Waals surface area contributed by atoms with E-state index in [4.69, 9.17) is 4.74 Å². The SMILES string of the molecule is COCC1NCCNC1=O. The first-order chi connectivity index (χ1) is 4.84. The Labute approximate surface area is 59.9 Å². The zero-order chi connectivity index (χ0) is 7.40. The standard InChI is InChI=1S/C6H12N2O2/c1-10-4-5-6(9)8-3-2-7-5/h5,7H,2-4H2,1H3,(H,8,9). The lowest BCUT2D eigenvalue weighted by Gasteiger charge is -2.22. The van der Waals surface area contributed by atoms with Gasteiger partial charge in [-0.05, 0) is 0 Å². The van der Waals surface area contributed by atoms with Crippen molar-refractivity contribution in [2.24, 2.45) is 0 Å². The fourth-order valence-electron chi connectivity index (χ4n) is 0.949. The van der Waals surface area contributed by atoms with E-state index in [1.807, 2.05) is 0 Å². The van der Waals surface area contributed by atoms with Crippen LogP contribution < -0.4 is 10.6 Å². The van der Waals surface area contributed by atoms with Crippen LogP contribution in [-0.4, -0.2) is 38.8 Å². The molecule has 1 heterocycles. The summed E-state index contributed by atoms with van der Waals surface area (Å²) in [4.78, 5) is 10.9. The van der Waals surface area contributed by atoms with Crippen LogP contribution in [0.4, 0.5) is 0 Å². The highest BCUT2D eigenvalue weighted by Crippen LogP contribution is 1.88. The maximum atomic E-state index is 10.9. The maximum Gasteiger partial charge on any atom is 0.239 e. The second kappa shape index (κ2) is 3.53. The molecule has 1 unspecified atom stereocenters. The van der Waals surface area contributed by atoms with Gasteiger partial charge in [0.2, 0.25) is 5.91 Å². The van der Waals surface area contributed by atoms with E-state index in [-0.39, 0.29) is 11.9 Å². The molecule has 4 nitrogen and oxygen atoms in total. The Kier molecular flexibility index (Phi) is 2.65. The number of piperazine rings is 1. The molecular formula is C6H12N2O2. The first-order valence-corrected chi connectivity index (χ1v) is 3.34. The van der Waals surface area contributed by atoms with E-state index in [1.54, 1.807) is 7.11 Å². The van der Waals surface area contributed by atoms with Crippen LogP contribution in [0.3, 0.4) is 0 Å². The molecule has 2 N–H and O–H groups in total. The minimum Gasteiger partial charge on any atom is -0.383 e. The van der Waals surface area contributed by atoms with Crippen LogP contribution in [0.2, 0.25) is 0 Å². The van der Waals surface area contributed by atoms with Crippen molar-refractivity contribution in [3.05, 3.63) is 0 Å². The fourth-order valence-corrected chi connectivity index (χ4v) is 0.949. The molecule has 0 aromatic heterocycles. The largest absolute Gasteiger partial charge is 0.383 e. The van der Waals surface area contributed by atoms with Crippen molar-refractivity contribution >= 4 is 5.91 Å². The molecule has 1 fully saturated rings. The van der Waals surface area contributed by atoms with E-state index >= 15 is 0 Å². The number of nitrogens with one attached hydrogen (secondary N) is 2. The molecule has 0 saturated carbocycles. The van der Waals surface area contributed by atoms with Gasteiger partial charge in [-0.3, -0.25) is 4.79 Å². The summed E-state index contributed by atoms with van der Waals surface area (Å²) in [6, 6.07) is -0.154. The third-order valence-electron chi connectivity index (χ3n) is 1.46. The quantitative estimate of drug-likeness (QED) is 0.507. The molecule has 58 valence electrons. The van der Waals surface area contributed by atoms with Gasteiger partial charge in [0.05, 0.1) is 6.61 Å². The highest BCUT2D eigenvalue weighted by molar-refractivity contribution is 5.82. The zero-order valence-electron chi connectivity index (χ0n) is 6.02. The normalized spacial score (nSPS) is 26.1. The van der Waals surface area contributed by atoms with Gasteiger partial charge in [0.1, 0.15) is 6.04 Å². The molecule has 1 amide bonds. The van der Waals surface area contributed by atoms with E-state index in [1.165, 1.54) is 0 Å². The van der Waals surface area contributed by atoms with E-state index < -0.39 is 0 Å². The first kappa shape index (κ1) is 7.50. The molecule has 1 atom stereocenters. The number of carbonyl (C=O) groups excluding carboxylic acids is 1. The van der Waals surface area contributed by atoms with Crippen LogP contribution in [-0.2, 0) is 9.53 Å². The predicted octanol–water partition coefficient (Wildman–Crippen LogP) is -1.28. The molecule has 0 bridgehead atoms. The maximum absolute atomic E-state index is 10.9. The summed E-state index contributed by atoms with van der Waals surface area (Å²) in [6.45, 7) is 2.00. The second-order valence-electron chi connectivity index (χ2n) is 2.25. The Morgan fingerprint density at radius 2 is 2.50 bits per heavy atom.